The highest BCUT2D eigenvalue weighted by Crippen LogP contribution is 2.18. The highest BCUT2D eigenvalue weighted by atomic mass is 32.2. The van der Waals surface area contributed by atoms with Gasteiger partial charge in [0.2, 0.25) is 11.8 Å². The van der Waals surface area contributed by atoms with Crippen molar-refractivity contribution < 1.29 is 14.0 Å². The number of aryl methyl sites for hydroxylation is 2. The van der Waals surface area contributed by atoms with Crippen LogP contribution in [0.4, 0.5) is 15.8 Å². The molecular weight excluding hydrogens is 339 g/mol. The third-order valence-electron chi connectivity index (χ3n) is 3.55. The minimum Gasteiger partial charge on any atom is -0.325 e. The van der Waals surface area contributed by atoms with Crippen molar-refractivity contribution in [3.8, 4) is 0 Å². The molecule has 0 radical (unpaired) electrons. The predicted molar refractivity (Wildman–Crippen MR) is 101 cm³/mol. The highest BCUT2D eigenvalue weighted by molar-refractivity contribution is 8.01. The molecule has 0 saturated carbocycles. The van der Waals surface area contributed by atoms with E-state index >= 15 is 0 Å². The van der Waals surface area contributed by atoms with Crippen LogP contribution in [0, 0.1) is 19.7 Å². The van der Waals surface area contributed by atoms with E-state index in [0.29, 0.717) is 0 Å². The lowest BCUT2D eigenvalue weighted by Gasteiger charge is -2.13. The SMILES string of the molecule is Cc1ccc(NC(=O)CSC(C)C(=O)Nc2ccc(C)cc2F)cc1. The van der Waals surface area contributed by atoms with Crippen molar-refractivity contribution in [2.45, 2.75) is 26.0 Å². The fourth-order valence-electron chi connectivity index (χ4n) is 2.07. The molecule has 132 valence electrons. The number of thioether (sulfide) groups is 1. The molecule has 1 unspecified atom stereocenters. The van der Waals surface area contributed by atoms with Crippen LogP contribution < -0.4 is 10.6 Å². The van der Waals surface area contributed by atoms with Crippen molar-refractivity contribution in [3.05, 3.63) is 59.4 Å². The molecule has 0 bridgehead atoms. The van der Waals surface area contributed by atoms with E-state index in [0.717, 1.165) is 16.8 Å². The van der Waals surface area contributed by atoms with Gasteiger partial charge in [0.05, 0.1) is 16.7 Å². The summed E-state index contributed by atoms with van der Waals surface area (Å²) in [4.78, 5) is 24.1. The average molecular weight is 360 g/mol. The standard InChI is InChI=1S/C19H21FN2O2S/c1-12-4-7-15(8-5-12)21-18(23)11-25-14(3)19(24)22-17-9-6-13(2)10-16(17)20/h4-10,14H,11H2,1-3H3,(H,21,23)(H,22,24). The van der Waals surface area contributed by atoms with Gasteiger partial charge in [0, 0.05) is 5.69 Å². The van der Waals surface area contributed by atoms with Gasteiger partial charge in [-0.15, -0.1) is 11.8 Å². The van der Waals surface area contributed by atoms with Crippen LogP contribution in [0.5, 0.6) is 0 Å². The Morgan fingerprint density at radius 1 is 1.04 bits per heavy atom. The summed E-state index contributed by atoms with van der Waals surface area (Å²) in [5.74, 6) is -0.854. The minimum absolute atomic E-state index is 0.138. The van der Waals surface area contributed by atoms with Crippen LogP contribution in [0.3, 0.4) is 0 Å². The Bertz CT molecular complexity index is 763. The van der Waals surface area contributed by atoms with Gasteiger partial charge in [-0.05, 0) is 50.6 Å². The highest BCUT2D eigenvalue weighted by Gasteiger charge is 2.17. The Balaban J connectivity index is 1.82. The van der Waals surface area contributed by atoms with E-state index < -0.39 is 11.1 Å². The quantitative estimate of drug-likeness (QED) is 0.814. The maximum atomic E-state index is 13.8. The van der Waals surface area contributed by atoms with Crippen molar-refractivity contribution >= 4 is 35.0 Å². The van der Waals surface area contributed by atoms with Crippen molar-refractivity contribution in [2.75, 3.05) is 16.4 Å². The molecule has 1 atom stereocenters. The largest absolute Gasteiger partial charge is 0.325 e. The summed E-state index contributed by atoms with van der Waals surface area (Å²) in [5.41, 5.74) is 2.76. The summed E-state index contributed by atoms with van der Waals surface area (Å²) in [6.07, 6.45) is 0. The van der Waals surface area contributed by atoms with Gasteiger partial charge in [0.25, 0.3) is 0 Å². The molecule has 2 rings (SSSR count). The van der Waals surface area contributed by atoms with Gasteiger partial charge in [-0.25, -0.2) is 4.39 Å². The maximum absolute atomic E-state index is 13.8. The number of amides is 2. The van der Waals surface area contributed by atoms with Crippen LogP contribution in [0.2, 0.25) is 0 Å². The molecular formula is C19H21FN2O2S. The van der Waals surface area contributed by atoms with Crippen LogP contribution in [-0.2, 0) is 9.59 Å². The number of hydrogen-bond acceptors (Lipinski definition) is 3. The van der Waals surface area contributed by atoms with Gasteiger partial charge in [-0.3, -0.25) is 9.59 Å². The second-order valence-corrected chi connectivity index (χ2v) is 7.17. The van der Waals surface area contributed by atoms with Crippen molar-refractivity contribution in [3.63, 3.8) is 0 Å². The number of benzene rings is 2. The van der Waals surface area contributed by atoms with Gasteiger partial charge in [0.15, 0.2) is 0 Å². The second kappa shape index (κ2) is 8.67. The zero-order valence-corrected chi connectivity index (χ0v) is 15.2. The summed E-state index contributed by atoms with van der Waals surface area (Å²) >= 11 is 1.20. The van der Waals surface area contributed by atoms with Crippen LogP contribution in [0.25, 0.3) is 0 Å². The van der Waals surface area contributed by atoms with Crippen LogP contribution >= 0.6 is 11.8 Å². The van der Waals surface area contributed by atoms with Gasteiger partial charge < -0.3 is 10.6 Å². The molecule has 0 aliphatic heterocycles. The Labute approximate surface area is 151 Å². The number of carbonyl (C=O) groups excluding carboxylic acids is 2. The molecule has 0 heterocycles. The molecule has 0 aliphatic carbocycles. The van der Waals surface area contributed by atoms with Gasteiger partial charge >= 0.3 is 0 Å². The fraction of sp³-hybridized carbons (Fsp3) is 0.263. The van der Waals surface area contributed by atoms with Gasteiger partial charge in [-0.2, -0.15) is 0 Å². The normalized spacial score (nSPS) is 11.7. The summed E-state index contributed by atoms with van der Waals surface area (Å²) in [6, 6.07) is 12.1. The van der Waals surface area contributed by atoms with Crippen molar-refractivity contribution in [2.24, 2.45) is 0 Å². The van der Waals surface area contributed by atoms with E-state index in [1.807, 2.05) is 31.2 Å². The number of hydrogen-bond donors (Lipinski definition) is 2. The Morgan fingerprint density at radius 3 is 2.32 bits per heavy atom. The van der Waals surface area contributed by atoms with Crippen molar-refractivity contribution in [1.82, 2.24) is 0 Å². The van der Waals surface area contributed by atoms with Crippen LogP contribution in [-0.4, -0.2) is 22.8 Å². The molecule has 2 N–H and O–H groups in total. The van der Waals surface area contributed by atoms with E-state index in [-0.39, 0.29) is 23.3 Å². The molecule has 4 nitrogen and oxygen atoms in total. The monoisotopic (exact) mass is 360 g/mol. The average Bonchev–Trinajstić information content (AvgIpc) is 2.57. The lowest BCUT2D eigenvalue weighted by molar-refractivity contribution is -0.115. The molecule has 0 saturated heterocycles. The van der Waals surface area contributed by atoms with E-state index in [2.05, 4.69) is 10.6 Å². The van der Waals surface area contributed by atoms with Crippen molar-refractivity contribution in [1.29, 1.82) is 0 Å². The van der Waals surface area contributed by atoms with Crippen LogP contribution in [0.1, 0.15) is 18.1 Å². The zero-order chi connectivity index (χ0) is 18.4. The molecule has 0 spiro atoms. The first-order valence-corrected chi connectivity index (χ1v) is 8.95. The summed E-state index contributed by atoms with van der Waals surface area (Å²) in [6.45, 7) is 5.43. The molecule has 0 aromatic heterocycles. The van der Waals surface area contributed by atoms with E-state index in [1.54, 1.807) is 19.9 Å². The number of anilines is 2. The minimum atomic E-state index is -0.482. The second-order valence-electron chi connectivity index (χ2n) is 5.84. The summed E-state index contributed by atoms with van der Waals surface area (Å²) in [5, 5.41) is 4.85. The molecule has 2 aromatic rings. The smallest absolute Gasteiger partial charge is 0.237 e. The van der Waals surface area contributed by atoms with E-state index in [1.165, 1.54) is 23.9 Å². The summed E-state index contributed by atoms with van der Waals surface area (Å²) < 4.78 is 13.8. The Morgan fingerprint density at radius 2 is 1.68 bits per heavy atom. The third kappa shape index (κ3) is 5.90. The molecule has 6 heteroatoms. The maximum Gasteiger partial charge on any atom is 0.237 e. The zero-order valence-electron chi connectivity index (χ0n) is 14.4. The third-order valence-corrected chi connectivity index (χ3v) is 4.69. The number of rotatable bonds is 6. The van der Waals surface area contributed by atoms with E-state index in [9.17, 15) is 14.0 Å². The molecule has 25 heavy (non-hydrogen) atoms. The lowest BCUT2D eigenvalue weighted by atomic mass is 10.2. The van der Waals surface area contributed by atoms with Crippen LogP contribution in [0.15, 0.2) is 42.5 Å². The Hall–Kier alpha value is -2.34. The first kappa shape index (κ1) is 19.0. The van der Waals surface area contributed by atoms with Gasteiger partial charge in [0.1, 0.15) is 5.82 Å². The Kier molecular flexibility index (Phi) is 6.58. The first-order valence-electron chi connectivity index (χ1n) is 7.90. The molecule has 2 amide bonds. The molecule has 0 aliphatic rings. The summed E-state index contributed by atoms with van der Waals surface area (Å²) in [7, 11) is 0. The lowest BCUT2D eigenvalue weighted by Crippen LogP contribution is -2.25. The van der Waals surface area contributed by atoms with E-state index in [4.69, 9.17) is 0 Å². The van der Waals surface area contributed by atoms with Gasteiger partial charge in [-0.1, -0.05) is 23.8 Å². The topological polar surface area (TPSA) is 58.2 Å². The molecule has 2 aromatic carbocycles. The fourth-order valence-corrected chi connectivity index (χ4v) is 2.75. The number of halogens is 1. The number of nitrogens with one attached hydrogen (secondary N) is 2. The molecule has 0 fully saturated rings. The first-order chi connectivity index (χ1) is 11.8. The predicted octanol–water partition coefficient (Wildman–Crippen LogP) is 4.14. The number of carbonyl (C=O) groups is 2.